The predicted octanol–water partition coefficient (Wildman–Crippen LogP) is 4.39. The molecule has 0 spiro atoms. The lowest BCUT2D eigenvalue weighted by atomic mass is 10.0. The third kappa shape index (κ3) is 3.53. The van der Waals surface area contributed by atoms with Crippen LogP contribution >= 0.6 is 11.6 Å². The van der Waals surface area contributed by atoms with Crippen LogP contribution in [0.2, 0.25) is 5.02 Å². The number of nitrogens with two attached hydrogens (primary N) is 1. The van der Waals surface area contributed by atoms with Crippen molar-refractivity contribution < 1.29 is 0 Å². The van der Waals surface area contributed by atoms with Crippen LogP contribution in [0.3, 0.4) is 0 Å². The summed E-state index contributed by atoms with van der Waals surface area (Å²) in [6.45, 7) is 2.95. The molecular formula is C17H21ClN2. The van der Waals surface area contributed by atoms with Crippen LogP contribution in [0, 0.1) is 0 Å². The van der Waals surface area contributed by atoms with Crippen LogP contribution in [-0.2, 0) is 6.54 Å². The highest BCUT2D eigenvalue weighted by molar-refractivity contribution is 6.30. The van der Waals surface area contributed by atoms with E-state index in [1.807, 2.05) is 18.2 Å². The normalized spacial score (nSPS) is 12.2. The van der Waals surface area contributed by atoms with Crippen molar-refractivity contribution in [3.63, 3.8) is 0 Å². The van der Waals surface area contributed by atoms with Crippen molar-refractivity contribution in [2.24, 2.45) is 5.73 Å². The summed E-state index contributed by atoms with van der Waals surface area (Å²) in [7, 11) is 2.09. The van der Waals surface area contributed by atoms with Crippen molar-refractivity contribution in [2.45, 2.75) is 25.9 Å². The van der Waals surface area contributed by atoms with Gasteiger partial charge in [0.1, 0.15) is 0 Å². The third-order valence-electron chi connectivity index (χ3n) is 3.52. The second-order valence-corrected chi connectivity index (χ2v) is 5.49. The van der Waals surface area contributed by atoms with Gasteiger partial charge in [-0.1, -0.05) is 48.9 Å². The fourth-order valence-corrected chi connectivity index (χ4v) is 2.44. The number of anilines is 1. The number of halogens is 1. The molecule has 0 heterocycles. The van der Waals surface area contributed by atoms with Gasteiger partial charge in [-0.25, -0.2) is 0 Å². The van der Waals surface area contributed by atoms with Crippen LogP contribution in [-0.4, -0.2) is 7.05 Å². The van der Waals surface area contributed by atoms with E-state index in [-0.39, 0.29) is 6.04 Å². The highest BCUT2D eigenvalue weighted by atomic mass is 35.5. The highest BCUT2D eigenvalue weighted by Crippen LogP contribution is 2.27. The highest BCUT2D eigenvalue weighted by Gasteiger charge is 2.12. The molecule has 0 bridgehead atoms. The average Bonchev–Trinajstić information content (AvgIpc) is 2.48. The first-order valence-corrected chi connectivity index (χ1v) is 7.29. The van der Waals surface area contributed by atoms with Gasteiger partial charge in [0.05, 0.1) is 0 Å². The first-order valence-electron chi connectivity index (χ1n) is 6.92. The Hall–Kier alpha value is -1.51. The Morgan fingerprint density at radius 1 is 1.10 bits per heavy atom. The van der Waals surface area contributed by atoms with E-state index in [4.69, 9.17) is 17.3 Å². The Morgan fingerprint density at radius 3 is 2.40 bits per heavy atom. The first-order chi connectivity index (χ1) is 9.61. The number of hydrogen-bond donors (Lipinski definition) is 1. The Morgan fingerprint density at radius 2 is 1.75 bits per heavy atom. The van der Waals surface area contributed by atoms with Crippen molar-refractivity contribution in [3.05, 3.63) is 64.7 Å². The van der Waals surface area contributed by atoms with Crippen LogP contribution in [0.1, 0.15) is 30.5 Å². The average molecular weight is 289 g/mol. The fraction of sp³-hybridized carbons (Fsp3) is 0.294. The molecule has 0 aliphatic rings. The lowest BCUT2D eigenvalue weighted by Crippen LogP contribution is -2.20. The molecule has 106 valence electrons. The molecule has 0 saturated heterocycles. The zero-order chi connectivity index (χ0) is 14.5. The van der Waals surface area contributed by atoms with E-state index in [0.29, 0.717) is 0 Å². The van der Waals surface area contributed by atoms with E-state index in [0.717, 1.165) is 18.0 Å². The summed E-state index contributed by atoms with van der Waals surface area (Å²) in [5.41, 5.74) is 9.83. The molecule has 0 aliphatic carbocycles. The maximum Gasteiger partial charge on any atom is 0.0426 e. The summed E-state index contributed by atoms with van der Waals surface area (Å²) in [5, 5.41) is 0.768. The summed E-state index contributed by atoms with van der Waals surface area (Å²) >= 11 is 5.92. The lowest BCUT2D eigenvalue weighted by molar-refractivity contribution is 0.694. The molecule has 0 aromatic heterocycles. The van der Waals surface area contributed by atoms with Crippen molar-refractivity contribution in [1.29, 1.82) is 0 Å². The van der Waals surface area contributed by atoms with Gasteiger partial charge >= 0.3 is 0 Å². The van der Waals surface area contributed by atoms with E-state index >= 15 is 0 Å². The third-order valence-corrected chi connectivity index (χ3v) is 3.77. The number of benzene rings is 2. The molecule has 0 radical (unpaired) electrons. The topological polar surface area (TPSA) is 29.3 Å². The zero-order valence-corrected chi connectivity index (χ0v) is 12.8. The number of hydrogen-bond acceptors (Lipinski definition) is 2. The Bertz CT molecular complexity index is 551. The molecule has 2 N–H and O–H groups in total. The van der Waals surface area contributed by atoms with Crippen LogP contribution < -0.4 is 10.6 Å². The predicted molar refractivity (Wildman–Crippen MR) is 87.2 cm³/mol. The molecule has 3 heteroatoms. The number of rotatable bonds is 5. The molecule has 2 aromatic carbocycles. The summed E-state index contributed by atoms with van der Waals surface area (Å²) < 4.78 is 0. The van der Waals surface area contributed by atoms with Gasteiger partial charge in [0.15, 0.2) is 0 Å². The Balaban J connectivity index is 2.20. The van der Waals surface area contributed by atoms with Gasteiger partial charge in [-0.05, 0) is 35.7 Å². The van der Waals surface area contributed by atoms with E-state index in [9.17, 15) is 0 Å². The van der Waals surface area contributed by atoms with Crippen molar-refractivity contribution >= 4 is 17.3 Å². The minimum absolute atomic E-state index is 0.0823. The lowest BCUT2D eigenvalue weighted by Gasteiger charge is -2.25. The first kappa shape index (κ1) is 14.9. The number of para-hydroxylation sites is 1. The SMILES string of the molecule is CC[C@H](N)c1ccccc1N(C)Cc1ccc(Cl)cc1. The van der Waals surface area contributed by atoms with Gasteiger partial charge < -0.3 is 10.6 Å². The summed E-state index contributed by atoms with van der Waals surface area (Å²) in [6, 6.07) is 16.4. The molecule has 2 rings (SSSR count). The number of nitrogens with zero attached hydrogens (tertiary/aromatic N) is 1. The van der Waals surface area contributed by atoms with Gasteiger partial charge in [0.25, 0.3) is 0 Å². The molecule has 2 aromatic rings. The maximum atomic E-state index is 6.20. The minimum atomic E-state index is 0.0823. The largest absolute Gasteiger partial charge is 0.370 e. The molecule has 0 amide bonds. The monoisotopic (exact) mass is 288 g/mol. The van der Waals surface area contributed by atoms with E-state index in [1.54, 1.807) is 0 Å². The van der Waals surface area contributed by atoms with Crippen LogP contribution in [0.5, 0.6) is 0 Å². The van der Waals surface area contributed by atoms with Crippen molar-refractivity contribution in [3.8, 4) is 0 Å². The van der Waals surface area contributed by atoms with Gasteiger partial charge in [-0.15, -0.1) is 0 Å². The van der Waals surface area contributed by atoms with Crippen LogP contribution in [0.4, 0.5) is 5.69 Å². The standard InChI is InChI=1S/C17H21ClN2/c1-3-16(19)15-6-4-5-7-17(15)20(2)12-13-8-10-14(18)11-9-13/h4-11,16H,3,12,19H2,1-2H3/t16-/m0/s1. The van der Waals surface area contributed by atoms with Gasteiger partial charge in [-0.2, -0.15) is 0 Å². The van der Waals surface area contributed by atoms with Gasteiger partial charge in [0, 0.05) is 30.3 Å². The van der Waals surface area contributed by atoms with Crippen LogP contribution in [0.25, 0.3) is 0 Å². The smallest absolute Gasteiger partial charge is 0.0426 e. The van der Waals surface area contributed by atoms with Crippen molar-refractivity contribution in [1.82, 2.24) is 0 Å². The Labute approximate surface area is 126 Å². The second-order valence-electron chi connectivity index (χ2n) is 5.06. The summed E-state index contributed by atoms with van der Waals surface area (Å²) in [5.74, 6) is 0. The molecule has 0 unspecified atom stereocenters. The Kier molecular flexibility index (Phi) is 5.05. The quantitative estimate of drug-likeness (QED) is 0.884. The molecule has 1 atom stereocenters. The molecule has 2 nitrogen and oxygen atoms in total. The molecule has 0 aliphatic heterocycles. The van der Waals surface area contributed by atoms with Gasteiger partial charge in [0.2, 0.25) is 0 Å². The van der Waals surface area contributed by atoms with E-state index in [2.05, 4.69) is 49.2 Å². The zero-order valence-electron chi connectivity index (χ0n) is 12.0. The van der Waals surface area contributed by atoms with E-state index in [1.165, 1.54) is 16.8 Å². The molecule has 0 fully saturated rings. The van der Waals surface area contributed by atoms with E-state index < -0.39 is 0 Å². The second kappa shape index (κ2) is 6.78. The molecular weight excluding hydrogens is 268 g/mol. The molecule has 20 heavy (non-hydrogen) atoms. The van der Waals surface area contributed by atoms with Gasteiger partial charge in [-0.3, -0.25) is 0 Å². The minimum Gasteiger partial charge on any atom is -0.370 e. The summed E-state index contributed by atoms with van der Waals surface area (Å²) in [6.07, 6.45) is 0.936. The maximum absolute atomic E-state index is 6.20. The summed E-state index contributed by atoms with van der Waals surface area (Å²) in [4.78, 5) is 2.23. The fourth-order valence-electron chi connectivity index (χ4n) is 2.32. The van der Waals surface area contributed by atoms with Crippen LogP contribution in [0.15, 0.2) is 48.5 Å². The van der Waals surface area contributed by atoms with Crippen molar-refractivity contribution in [2.75, 3.05) is 11.9 Å². The molecule has 0 saturated carbocycles.